The summed E-state index contributed by atoms with van der Waals surface area (Å²) in [6.45, 7) is 3.71. The Labute approximate surface area is 117 Å². The minimum atomic E-state index is -0.353. The Morgan fingerprint density at radius 3 is 2.50 bits per heavy atom. The highest BCUT2D eigenvalue weighted by Gasteiger charge is 2.20. The van der Waals surface area contributed by atoms with Crippen LogP contribution >= 0.6 is 0 Å². The van der Waals surface area contributed by atoms with Crippen LogP contribution < -0.4 is 0 Å². The predicted octanol–water partition coefficient (Wildman–Crippen LogP) is 3.35. The summed E-state index contributed by atoms with van der Waals surface area (Å²) >= 11 is 0. The van der Waals surface area contributed by atoms with E-state index in [1.165, 1.54) is 17.0 Å². The molecule has 4 heteroatoms. The number of amides is 1. The van der Waals surface area contributed by atoms with Crippen molar-refractivity contribution in [2.75, 3.05) is 6.54 Å². The van der Waals surface area contributed by atoms with Gasteiger partial charge in [-0.05, 0) is 31.4 Å². The second kappa shape index (κ2) is 5.70. The van der Waals surface area contributed by atoms with E-state index in [1.807, 2.05) is 19.9 Å². The van der Waals surface area contributed by atoms with Gasteiger partial charge in [-0.1, -0.05) is 24.3 Å². The van der Waals surface area contributed by atoms with Gasteiger partial charge < -0.3 is 4.90 Å². The summed E-state index contributed by atoms with van der Waals surface area (Å²) in [5.41, 5.74) is 0.422. The van der Waals surface area contributed by atoms with E-state index < -0.39 is 0 Å². The number of nitriles is 1. The van der Waals surface area contributed by atoms with Gasteiger partial charge in [0.2, 0.25) is 0 Å². The second-order valence-electron chi connectivity index (χ2n) is 4.83. The highest BCUT2D eigenvalue weighted by Crippen LogP contribution is 2.23. The number of benzene rings is 2. The minimum Gasteiger partial charge on any atom is -0.323 e. The second-order valence-corrected chi connectivity index (χ2v) is 4.83. The van der Waals surface area contributed by atoms with Gasteiger partial charge in [0.1, 0.15) is 12.4 Å². The van der Waals surface area contributed by atoms with E-state index >= 15 is 0 Å². The van der Waals surface area contributed by atoms with E-state index in [-0.39, 0.29) is 24.3 Å². The Morgan fingerprint density at radius 1 is 1.25 bits per heavy atom. The Bertz CT molecular complexity index is 688. The molecule has 0 aliphatic heterocycles. The molecule has 0 spiro atoms. The first kappa shape index (κ1) is 14.0. The SMILES string of the molecule is CC(C)N(CC#N)C(=O)c1ccc(F)c2ccccc12. The molecule has 0 unspecified atom stereocenters. The lowest BCUT2D eigenvalue weighted by Gasteiger charge is -2.24. The van der Waals surface area contributed by atoms with Gasteiger partial charge in [0.15, 0.2) is 0 Å². The smallest absolute Gasteiger partial charge is 0.255 e. The summed E-state index contributed by atoms with van der Waals surface area (Å²) in [5.74, 6) is -0.605. The van der Waals surface area contributed by atoms with Gasteiger partial charge in [-0.2, -0.15) is 5.26 Å². The van der Waals surface area contributed by atoms with Crippen LogP contribution in [0.5, 0.6) is 0 Å². The van der Waals surface area contributed by atoms with Crippen molar-refractivity contribution in [3.63, 3.8) is 0 Å². The summed E-state index contributed by atoms with van der Waals surface area (Å²) in [6.07, 6.45) is 0. The van der Waals surface area contributed by atoms with Gasteiger partial charge in [0.25, 0.3) is 5.91 Å². The molecule has 0 aliphatic carbocycles. The quantitative estimate of drug-likeness (QED) is 0.803. The first-order valence-corrected chi connectivity index (χ1v) is 6.41. The number of carbonyl (C=O) groups excluding carboxylic acids is 1. The number of halogens is 1. The zero-order valence-electron chi connectivity index (χ0n) is 11.4. The maximum absolute atomic E-state index is 13.8. The molecule has 102 valence electrons. The summed E-state index contributed by atoms with van der Waals surface area (Å²) in [5, 5.41) is 9.82. The van der Waals surface area contributed by atoms with Crippen molar-refractivity contribution in [1.82, 2.24) is 4.90 Å². The maximum atomic E-state index is 13.8. The number of carbonyl (C=O) groups is 1. The first-order valence-electron chi connectivity index (χ1n) is 6.41. The van der Waals surface area contributed by atoms with Crippen molar-refractivity contribution in [1.29, 1.82) is 5.26 Å². The molecule has 0 fully saturated rings. The molecule has 1 amide bonds. The molecule has 0 atom stereocenters. The fourth-order valence-electron chi connectivity index (χ4n) is 2.17. The number of hydrogen-bond acceptors (Lipinski definition) is 2. The Hall–Kier alpha value is -2.41. The molecule has 0 bridgehead atoms. The van der Waals surface area contributed by atoms with Gasteiger partial charge >= 0.3 is 0 Å². The van der Waals surface area contributed by atoms with Crippen LogP contribution in [0.25, 0.3) is 10.8 Å². The molecule has 0 aliphatic rings. The van der Waals surface area contributed by atoms with E-state index in [0.717, 1.165) is 0 Å². The standard InChI is InChI=1S/C16H15FN2O/c1-11(2)19(10-9-18)16(20)14-7-8-15(17)13-6-4-3-5-12(13)14/h3-8,11H,10H2,1-2H3. The van der Waals surface area contributed by atoms with Gasteiger partial charge in [0, 0.05) is 17.0 Å². The summed E-state index contributed by atoms with van der Waals surface area (Å²) in [4.78, 5) is 14.0. The van der Waals surface area contributed by atoms with E-state index in [9.17, 15) is 9.18 Å². The number of nitrogens with zero attached hydrogens (tertiary/aromatic N) is 2. The lowest BCUT2D eigenvalue weighted by Crippen LogP contribution is -2.37. The third-order valence-electron chi connectivity index (χ3n) is 3.23. The topological polar surface area (TPSA) is 44.1 Å². The lowest BCUT2D eigenvalue weighted by molar-refractivity contribution is 0.0733. The van der Waals surface area contributed by atoms with Crippen LogP contribution in [0.2, 0.25) is 0 Å². The molecular formula is C16H15FN2O. The van der Waals surface area contributed by atoms with Crippen molar-refractivity contribution < 1.29 is 9.18 Å². The molecule has 2 rings (SSSR count). The highest BCUT2D eigenvalue weighted by molar-refractivity contribution is 6.07. The molecule has 20 heavy (non-hydrogen) atoms. The third-order valence-corrected chi connectivity index (χ3v) is 3.23. The number of fused-ring (bicyclic) bond motifs is 1. The largest absolute Gasteiger partial charge is 0.323 e. The first-order chi connectivity index (χ1) is 9.56. The monoisotopic (exact) mass is 270 g/mol. The van der Waals surface area contributed by atoms with Crippen LogP contribution in [0.1, 0.15) is 24.2 Å². The van der Waals surface area contributed by atoms with Gasteiger partial charge in [-0.15, -0.1) is 0 Å². The highest BCUT2D eigenvalue weighted by atomic mass is 19.1. The molecule has 0 saturated heterocycles. The van der Waals surface area contributed by atoms with E-state index in [0.29, 0.717) is 16.3 Å². The molecule has 0 N–H and O–H groups in total. The van der Waals surface area contributed by atoms with E-state index in [2.05, 4.69) is 0 Å². The van der Waals surface area contributed by atoms with Crippen molar-refractivity contribution in [2.45, 2.75) is 19.9 Å². The van der Waals surface area contributed by atoms with Crippen molar-refractivity contribution in [2.24, 2.45) is 0 Å². The summed E-state index contributed by atoms with van der Waals surface area (Å²) in [6, 6.07) is 11.5. The third kappa shape index (κ3) is 2.48. The molecule has 0 saturated carbocycles. The zero-order chi connectivity index (χ0) is 14.7. The summed E-state index contributed by atoms with van der Waals surface area (Å²) < 4.78 is 13.8. The van der Waals surface area contributed by atoms with Crippen molar-refractivity contribution in [3.05, 3.63) is 47.8 Å². The summed E-state index contributed by atoms with van der Waals surface area (Å²) in [7, 11) is 0. The van der Waals surface area contributed by atoms with Gasteiger partial charge in [-0.3, -0.25) is 4.79 Å². The minimum absolute atomic E-state index is 0.0161. The van der Waals surface area contributed by atoms with E-state index in [1.54, 1.807) is 24.3 Å². The van der Waals surface area contributed by atoms with Crippen LogP contribution in [0.15, 0.2) is 36.4 Å². The molecule has 2 aromatic carbocycles. The Balaban J connectivity index is 2.55. The predicted molar refractivity (Wildman–Crippen MR) is 75.7 cm³/mol. The lowest BCUT2D eigenvalue weighted by atomic mass is 10.0. The Kier molecular flexibility index (Phi) is 3.99. The number of hydrogen-bond donors (Lipinski definition) is 0. The van der Waals surface area contributed by atoms with E-state index in [4.69, 9.17) is 5.26 Å². The molecule has 2 aromatic rings. The molecular weight excluding hydrogens is 255 g/mol. The van der Waals surface area contributed by atoms with Crippen molar-refractivity contribution in [3.8, 4) is 6.07 Å². The fraction of sp³-hybridized carbons (Fsp3) is 0.250. The van der Waals surface area contributed by atoms with Gasteiger partial charge in [-0.25, -0.2) is 4.39 Å². The molecule has 0 heterocycles. The molecule has 0 aromatic heterocycles. The van der Waals surface area contributed by atoms with Gasteiger partial charge in [0.05, 0.1) is 6.07 Å². The van der Waals surface area contributed by atoms with Crippen LogP contribution in [-0.2, 0) is 0 Å². The fourth-order valence-corrected chi connectivity index (χ4v) is 2.17. The zero-order valence-corrected chi connectivity index (χ0v) is 11.4. The maximum Gasteiger partial charge on any atom is 0.255 e. The average Bonchev–Trinajstić information content (AvgIpc) is 2.44. The van der Waals surface area contributed by atoms with Crippen LogP contribution in [-0.4, -0.2) is 23.4 Å². The number of rotatable bonds is 3. The van der Waals surface area contributed by atoms with Crippen LogP contribution in [0.3, 0.4) is 0 Å². The molecule has 3 nitrogen and oxygen atoms in total. The van der Waals surface area contributed by atoms with Crippen LogP contribution in [0.4, 0.5) is 4.39 Å². The molecule has 0 radical (unpaired) electrons. The van der Waals surface area contributed by atoms with Crippen molar-refractivity contribution >= 4 is 16.7 Å². The normalized spacial score (nSPS) is 10.6. The Morgan fingerprint density at radius 2 is 1.90 bits per heavy atom. The average molecular weight is 270 g/mol. The van der Waals surface area contributed by atoms with Crippen LogP contribution in [0, 0.1) is 17.1 Å².